The van der Waals surface area contributed by atoms with Crippen LogP contribution < -0.4 is 0 Å². The lowest BCUT2D eigenvalue weighted by Gasteiger charge is -2.20. The summed E-state index contributed by atoms with van der Waals surface area (Å²) >= 11 is 0. The SMILES string of the molecule is c1cc(-c2c3ccccc3c(-c3ccc4oc5ccc6c7ccccc7oc6c5c4c3)c3cc(-c4cccc5ccccc45)ccc23)cc(-c2cc3cccc4ccc5cccc2c5c43)c1. The zero-order valence-electron chi connectivity index (χ0n) is 35.6. The number of hydrogen-bond donors (Lipinski definition) is 0. The predicted molar refractivity (Wildman–Crippen MR) is 279 cm³/mol. The lowest BCUT2D eigenvalue weighted by molar-refractivity contribution is 0.663. The third-order valence-electron chi connectivity index (χ3n) is 14.4. The Morgan fingerprint density at radius 1 is 0.227 bits per heavy atom. The molecule has 2 nitrogen and oxygen atoms in total. The Labute approximate surface area is 378 Å². The number of fused-ring (bicyclic) bond motifs is 10. The van der Waals surface area contributed by atoms with Gasteiger partial charge in [-0.1, -0.05) is 170 Å². The van der Waals surface area contributed by atoms with Gasteiger partial charge in [0.2, 0.25) is 0 Å². The van der Waals surface area contributed by atoms with Crippen LogP contribution in [-0.4, -0.2) is 0 Å². The van der Waals surface area contributed by atoms with Crippen LogP contribution in [0, 0.1) is 0 Å². The van der Waals surface area contributed by atoms with Gasteiger partial charge in [0.15, 0.2) is 0 Å². The largest absolute Gasteiger partial charge is 0.456 e. The molecule has 0 atom stereocenters. The molecule has 2 aromatic heterocycles. The van der Waals surface area contributed by atoms with E-state index in [1.54, 1.807) is 0 Å². The van der Waals surface area contributed by atoms with E-state index < -0.39 is 0 Å². The second-order valence-electron chi connectivity index (χ2n) is 17.9. The van der Waals surface area contributed by atoms with Gasteiger partial charge >= 0.3 is 0 Å². The molecule has 0 aliphatic rings. The highest BCUT2D eigenvalue weighted by molar-refractivity contribution is 6.28. The molecule has 304 valence electrons. The van der Waals surface area contributed by atoms with Crippen molar-refractivity contribution >= 4 is 109 Å². The first-order chi connectivity index (χ1) is 32.7. The van der Waals surface area contributed by atoms with Crippen molar-refractivity contribution in [2.24, 2.45) is 0 Å². The Bertz CT molecular complexity index is 4520. The van der Waals surface area contributed by atoms with Crippen molar-refractivity contribution < 1.29 is 8.83 Å². The van der Waals surface area contributed by atoms with Crippen molar-refractivity contribution in [1.82, 2.24) is 0 Å². The minimum atomic E-state index is 0.821. The summed E-state index contributed by atoms with van der Waals surface area (Å²) in [4.78, 5) is 0. The maximum absolute atomic E-state index is 6.62. The fourth-order valence-corrected chi connectivity index (χ4v) is 11.5. The molecule has 0 fully saturated rings. The minimum absolute atomic E-state index is 0.821. The molecular formula is C64H36O2. The van der Waals surface area contributed by atoms with Gasteiger partial charge in [-0.15, -0.1) is 0 Å². The number of benzene rings is 13. The van der Waals surface area contributed by atoms with Gasteiger partial charge in [-0.05, 0) is 158 Å². The average Bonchev–Trinajstić information content (AvgIpc) is 3.95. The van der Waals surface area contributed by atoms with Crippen LogP contribution >= 0.6 is 0 Å². The van der Waals surface area contributed by atoms with Crippen molar-refractivity contribution in [3.63, 3.8) is 0 Å². The van der Waals surface area contributed by atoms with Crippen molar-refractivity contribution in [3.05, 3.63) is 218 Å². The van der Waals surface area contributed by atoms with Crippen LogP contribution in [0.25, 0.3) is 153 Å². The van der Waals surface area contributed by atoms with Crippen molar-refractivity contribution in [1.29, 1.82) is 0 Å². The van der Waals surface area contributed by atoms with E-state index in [4.69, 9.17) is 8.83 Å². The molecule has 13 aromatic carbocycles. The molecule has 0 bridgehead atoms. The van der Waals surface area contributed by atoms with Gasteiger partial charge in [0.1, 0.15) is 22.3 Å². The third kappa shape index (κ3) is 5.01. The van der Waals surface area contributed by atoms with Gasteiger partial charge in [0, 0.05) is 16.2 Å². The van der Waals surface area contributed by atoms with Gasteiger partial charge < -0.3 is 8.83 Å². The molecule has 15 aromatic rings. The number of hydrogen-bond acceptors (Lipinski definition) is 2. The van der Waals surface area contributed by atoms with E-state index in [0.29, 0.717) is 0 Å². The molecule has 0 saturated carbocycles. The second kappa shape index (κ2) is 13.4. The van der Waals surface area contributed by atoms with Crippen LogP contribution in [0.1, 0.15) is 0 Å². The highest BCUT2D eigenvalue weighted by Gasteiger charge is 2.22. The smallest absolute Gasteiger partial charge is 0.147 e. The molecule has 0 amide bonds. The normalized spacial score (nSPS) is 12.2. The van der Waals surface area contributed by atoms with E-state index >= 15 is 0 Å². The summed E-state index contributed by atoms with van der Waals surface area (Å²) in [5.41, 5.74) is 13.0. The van der Waals surface area contributed by atoms with Crippen LogP contribution in [0.2, 0.25) is 0 Å². The molecule has 2 heteroatoms. The highest BCUT2D eigenvalue weighted by atomic mass is 16.3. The van der Waals surface area contributed by atoms with E-state index in [-0.39, 0.29) is 0 Å². The highest BCUT2D eigenvalue weighted by Crippen LogP contribution is 2.49. The lowest BCUT2D eigenvalue weighted by Crippen LogP contribution is -1.93. The lowest BCUT2D eigenvalue weighted by atomic mass is 9.83. The van der Waals surface area contributed by atoms with Gasteiger partial charge in [0.25, 0.3) is 0 Å². The van der Waals surface area contributed by atoms with E-state index in [1.807, 2.05) is 12.1 Å². The summed E-state index contributed by atoms with van der Waals surface area (Å²) in [6, 6.07) is 80.2. The molecule has 0 N–H and O–H groups in total. The number of furan rings is 2. The van der Waals surface area contributed by atoms with E-state index in [1.165, 1.54) is 104 Å². The quantitative estimate of drug-likeness (QED) is 0.130. The van der Waals surface area contributed by atoms with E-state index in [2.05, 4.69) is 206 Å². The van der Waals surface area contributed by atoms with Crippen LogP contribution in [0.3, 0.4) is 0 Å². The van der Waals surface area contributed by atoms with Crippen molar-refractivity contribution in [2.45, 2.75) is 0 Å². The van der Waals surface area contributed by atoms with Gasteiger partial charge in [0.05, 0.1) is 5.39 Å². The van der Waals surface area contributed by atoms with Crippen LogP contribution in [0.15, 0.2) is 227 Å². The summed E-state index contributed by atoms with van der Waals surface area (Å²) < 4.78 is 13.2. The number of para-hydroxylation sites is 1. The fourth-order valence-electron chi connectivity index (χ4n) is 11.5. The maximum atomic E-state index is 6.62. The Morgan fingerprint density at radius 2 is 0.788 bits per heavy atom. The molecule has 0 saturated heterocycles. The summed E-state index contributed by atoms with van der Waals surface area (Å²) in [7, 11) is 0. The summed E-state index contributed by atoms with van der Waals surface area (Å²) in [5, 5.41) is 19.3. The molecule has 0 unspecified atom stereocenters. The van der Waals surface area contributed by atoms with Gasteiger partial charge in [-0.25, -0.2) is 0 Å². The van der Waals surface area contributed by atoms with Gasteiger partial charge in [-0.3, -0.25) is 0 Å². The number of rotatable bonds is 4. The second-order valence-corrected chi connectivity index (χ2v) is 17.9. The van der Waals surface area contributed by atoms with Crippen molar-refractivity contribution in [3.8, 4) is 44.5 Å². The standard InChI is InChI=1S/C64H36O2/c1-2-18-45-37(11-1)12-9-22-46(45)41-27-29-51-54(34-41)61(44-28-31-57-55(36-44)63-58(65-57)32-30-52-47-19-5-6-24-56(47)66-64(52)63)49-21-4-3-20-48(49)60(51)42-16-8-15-40(33-42)53-35-43-17-7-13-38-25-26-39-14-10-23-50(53)62(39)59(38)43/h1-36H. The average molecular weight is 837 g/mol. The zero-order valence-corrected chi connectivity index (χ0v) is 35.6. The first kappa shape index (κ1) is 35.7. The summed E-state index contributed by atoms with van der Waals surface area (Å²) in [6.45, 7) is 0. The Morgan fingerprint density at radius 3 is 1.68 bits per heavy atom. The van der Waals surface area contributed by atoms with Gasteiger partial charge in [-0.2, -0.15) is 0 Å². The van der Waals surface area contributed by atoms with Crippen LogP contribution in [0.5, 0.6) is 0 Å². The predicted octanol–water partition coefficient (Wildman–Crippen LogP) is 18.5. The Balaban J connectivity index is 1.02. The van der Waals surface area contributed by atoms with E-state index in [0.717, 1.165) is 49.4 Å². The topological polar surface area (TPSA) is 26.3 Å². The third-order valence-corrected chi connectivity index (χ3v) is 14.4. The zero-order chi connectivity index (χ0) is 43.0. The molecule has 0 radical (unpaired) electrons. The first-order valence-corrected chi connectivity index (χ1v) is 22.7. The van der Waals surface area contributed by atoms with E-state index in [9.17, 15) is 0 Å². The minimum Gasteiger partial charge on any atom is -0.456 e. The molecular weight excluding hydrogens is 801 g/mol. The molecule has 0 aliphatic heterocycles. The fraction of sp³-hybridized carbons (Fsp3) is 0. The van der Waals surface area contributed by atoms with Crippen LogP contribution in [-0.2, 0) is 0 Å². The Hall–Kier alpha value is -8.72. The van der Waals surface area contributed by atoms with Crippen molar-refractivity contribution in [2.75, 3.05) is 0 Å². The molecule has 0 spiro atoms. The maximum Gasteiger partial charge on any atom is 0.147 e. The first-order valence-electron chi connectivity index (χ1n) is 22.7. The Kier molecular flexibility index (Phi) is 7.25. The summed E-state index contributed by atoms with van der Waals surface area (Å²) in [6.07, 6.45) is 0. The molecule has 0 aliphatic carbocycles. The molecule has 15 rings (SSSR count). The molecule has 66 heavy (non-hydrogen) atoms. The van der Waals surface area contributed by atoms with Crippen LogP contribution in [0.4, 0.5) is 0 Å². The monoisotopic (exact) mass is 836 g/mol. The summed E-state index contributed by atoms with van der Waals surface area (Å²) in [5.74, 6) is 0. The molecule has 2 heterocycles.